The number of piperidine rings is 1. The molecule has 0 bridgehead atoms. The van der Waals surface area contributed by atoms with Crippen LogP contribution < -0.4 is 9.47 Å². The summed E-state index contributed by atoms with van der Waals surface area (Å²) in [6, 6.07) is 6.90. The number of halogens is 4. The first-order valence-electron chi connectivity index (χ1n) is 11.6. The summed E-state index contributed by atoms with van der Waals surface area (Å²) in [6.07, 6.45) is 1.70. The lowest BCUT2D eigenvalue weighted by atomic mass is 9.83. The van der Waals surface area contributed by atoms with Crippen LogP contribution in [0.4, 0.5) is 13.2 Å². The number of carbonyl (C=O) groups excluding carboxylic acids is 1. The molecule has 4 rings (SSSR count). The number of Topliss-reactive ketones (excluding diaryl/α,β-unsaturated/α-hetero) is 1. The maximum atomic E-state index is 15.9. The molecule has 1 atom stereocenters. The highest BCUT2D eigenvalue weighted by Gasteiger charge is 2.48. The second-order valence-electron chi connectivity index (χ2n) is 8.99. The molecule has 34 heavy (non-hydrogen) atoms. The van der Waals surface area contributed by atoms with Gasteiger partial charge >= 0.3 is 0 Å². The van der Waals surface area contributed by atoms with Gasteiger partial charge in [-0.2, -0.15) is 0 Å². The van der Waals surface area contributed by atoms with Gasteiger partial charge in [-0.05, 0) is 87.5 Å². The minimum atomic E-state index is -1.92. The summed E-state index contributed by atoms with van der Waals surface area (Å²) in [7, 11) is 0. The van der Waals surface area contributed by atoms with Crippen LogP contribution in [0.2, 0.25) is 0 Å². The summed E-state index contributed by atoms with van der Waals surface area (Å²) in [5, 5.41) is 0. The van der Waals surface area contributed by atoms with E-state index in [2.05, 4.69) is 4.90 Å². The monoisotopic (exact) mass is 497 g/mol. The lowest BCUT2D eigenvalue weighted by Gasteiger charge is -2.34. The molecule has 0 spiro atoms. The molecule has 0 saturated carbocycles. The van der Waals surface area contributed by atoms with E-state index in [0.29, 0.717) is 61.0 Å². The normalized spacial score (nSPS) is 20.7. The number of likely N-dealkylation sites (tertiary alicyclic amines) is 1. The minimum absolute atomic E-state index is 0. The minimum Gasteiger partial charge on any atom is -0.490 e. The van der Waals surface area contributed by atoms with E-state index in [1.165, 1.54) is 12.1 Å². The highest BCUT2D eigenvalue weighted by molar-refractivity contribution is 6.07. The third-order valence-electron chi connectivity index (χ3n) is 6.54. The molecule has 1 aliphatic carbocycles. The number of carbonyl (C=O) groups is 1. The Morgan fingerprint density at radius 2 is 1.56 bits per heavy atom. The van der Waals surface area contributed by atoms with Crippen LogP contribution in [-0.2, 0) is 13.0 Å². The number of ether oxygens (including phenoxy) is 2. The fourth-order valence-corrected chi connectivity index (χ4v) is 5.05. The number of ketones is 1. The smallest absolute Gasteiger partial charge is 0.200 e. The van der Waals surface area contributed by atoms with Gasteiger partial charge in [0.15, 0.2) is 17.2 Å². The maximum Gasteiger partial charge on any atom is 0.200 e. The van der Waals surface area contributed by atoms with Gasteiger partial charge in [-0.15, -0.1) is 12.4 Å². The molecule has 2 aliphatic rings. The van der Waals surface area contributed by atoms with Crippen molar-refractivity contribution in [3.8, 4) is 11.5 Å². The molecule has 2 aromatic rings. The number of rotatable bonds is 8. The largest absolute Gasteiger partial charge is 0.490 e. The molecule has 1 saturated heterocycles. The number of hydrogen-bond acceptors (Lipinski definition) is 4. The highest BCUT2D eigenvalue weighted by atomic mass is 35.5. The van der Waals surface area contributed by atoms with Crippen molar-refractivity contribution in [2.75, 3.05) is 26.3 Å². The van der Waals surface area contributed by atoms with E-state index in [4.69, 9.17) is 9.47 Å². The third-order valence-corrected chi connectivity index (χ3v) is 6.54. The van der Waals surface area contributed by atoms with Gasteiger partial charge in [0.05, 0.1) is 13.2 Å². The van der Waals surface area contributed by atoms with Crippen molar-refractivity contribution in [3.63, 3.8) is 0 Å². The Morgan fingerprint density at radius 1 is 0.971 bits per heavy atom. The standard InChI is InChI=1S/C26H30F3NO3.ClH/c1-3-32-23-11-19-15-26(29,25(31)22(19)13-24(23)33-4-2)14-17-5-7-30(8-6-17)16-18-9-20(27)12-21(28)10-18;/h9-13,17H,3-8,14-16H2,1-2H3;1H. The average molecular weight is 498 g/mol. The summed E-state index contributed by atoms with van der Waals surface area (Å²) in [5.41, 5.74) is -0.283. The SMILES string of the molecule is CCOc1cc2c(cc1OCC)C(=O)C(F)(CC1CCN(Cc3cc(F)cc(F)c3)CC1)C2.Cl. The Morgan fingerprint density at radius 3 is 2.15 bits per heavy atom. The number of alkyl halides is 1. The van der Waals surface area contributed by atoms with Crippen molar-refractivity contribution < 1.29 is 27.4 Å². The van der Waals surface area contributed by atoms with E-state index in [-0.39, 0.29) is 31.2 Å². The molecule has 0 aromatic heterocycles. The van der Waals surface area contributed by atoms with E-state index >= 15 is 4.39 Å². The van der Waals surface area contributed by atoms with E-state index in [1.54, 1.807) is 12.1 Å². The van der Waals surface area contributed by atoms with Gasteiger partial charge in [-0.25, -0.2) is 13.2 Å². The maximum absolute atomic E-state index is 15.9. The van der Waals surface area contributed by atoms with Crippen LogP contribution in [0.3, 0.4) is 0 Å². The summed E-state index contributed by atoms with van der Waals surface area (Å²) >= 11 is 0. The molecule has 4 nitrogen and oxygen atoms in total. The predicted molar refractivity (Wildman–Crippen MR) is 127 cm³/mol. The quantitative estimate of drug-likeness (QED) is 0.453. The Kier molecular flexibility index (Phi) is 8.52. The number of nitrogens with zero attached hydrogens (tertiary/aromatic N) is 1. The molecule has 1 aliphatic heterocycles. The molecule has 0 amide bonds. The number of benzene rings is 2. The van der Waals surface area contributed by atoms with Crippen molar-refractivity contribution in [1.82, 2.24) is 4.90 Å². The van der Waals surface area contributed by atoms with Crippen molar-refractivity contribution in [1.29, 1.82) is 0 Å². The van der Waals surface area contributed by atoms with Crippen LogP contribution >= 0.6 is 12.4 Å². The second-order valence-corrected chi connectivity index (χ2v) is 8.99. The third kappa shape index (κ3) is 5.69. The van der Waals surface area contributed by atoms with Crippen LogP contribution in [0.5, 0.6) is 11.5 Å². The van der Waals surface area contributed by atoms with Crippen LogP contribution in [0, 0.1) is 17.6 Å². The molecule has 1 unspecified atom stereocenters. The van der Waals surface area contributed by atoms with E-state index < -0.39 is 23.1 Å². The lowest BCUT2D eigenvalue weighted by Crippen LogP contribution is -2.39. The molecule has 186 valence electrons. The van der Waals surface area contributed by atoms with Crippen molar-refractivity contribution >= 4 is 18.2 Å². The first-order chi connectivity index (χ1) is 15.8. The second kappa shape index (κ2) is 11.0. The van der Waals surface area contributed by atoms with Gasteiger partial charge in [0.2, 0.25) is 5.78 Å². The zero-order valence-electron chi connectivity index (χ0n) is 19.5. The van der Waals surface area contributed by atoms with Crippen molar-refractivity contribution in [2.45, 2.75) is 51.7 Å². The zero-order chi connectivity index (χ0) is 23.6. The number of hydrogen-bond donors (Lipinski definition) is 0. The van der Waals surface area contributed by atoms with Gasteiger partial charge in [-0.3, -0.25) is 9.69 Å². The fourth-order valence-electron chi connectivity index (χ4n) is 5.05. The molecule has 1 fully saturated rings. The highest BCUT2D eigenvalue weighted by Crippen LogP contribution is 2.43. The topological polar surface area (TPSA) is 38.8 Å². The van der Waals surface area contributed by atoms with Gasteiger partial charge < -0.3 is 9.47 Å². The Labute approximate surface area is 204 Å². The van der Waals surface area contributed by atoms with E-state index in [9.17, 15) is 13.6 Å². The lowest BCUT2D eigenvalue weighted by molar-refractivity contribution is 0.0587. The van der Waals surface area contributed by atoms with Crippen LogP contribution in [0.1, 0.15) is 54.6 Å². The molecule has 0 N–H and O–H groups in total. The predicted octanol–water partition coefficient (Wildman–Crippen LogP) is 5.93. The number of fused-ring (bicyclic) bond motifs is 1. The van der Waals surface area contributed by atoms with Crippen molar-refractivity contribution in [3.05, 3.63) is 58.7 Å². The average Bonchev–Trinajstić information content (AvgIpc) is 2.99. The van der Waals surface area contributed by atoms with Gasteiger partial charge in [0.1, 0.15) is 11.6 Å². The van der Waals surface area contributed by atoms with Crippen LogP contribution in [-0.4, -0.2) is 42.7 Å². The van der Waals surface area contributed by atoms with E-state index in [0.717, 1.165) is 18.9 Å². The molecule has 8 heteroatoms. The van der Waals surface area contributed by atoms with Crippen LogP contribution in [0.15, 0.2) is 30.3 Å². The summed E-state index contributed by atoms with van der Waals surface area (Å²) in [5.74, 6) is -0.558. The summed E-state index contributed by atoms with van der Waals surface area (Å²) < 4.78 is 54.1. The van der Waals surface area contributed by atoms with Crippen LogP contribution in [0.25, 0.3) is 0 Å². The van der Waals surface area contributed by atoms with E-state index in [1.807, 2.05) is 13.8 Å². The summed E-state index contributed by atoms with van der Waals surface area (Å²) in [6.45, 7) is 6.44. The Hall–Kier alpha value is -2.25. The molecule has 2 aromatic carbocycles. The first kappa shape index (κ1) is 26.4. The van der Waals surface area contributed by atoms with Gasteiger partial charge in [-0.1, -0.05) is 0 Å². The molecule has 1 heterocycles. The first-order valence-corrected chi connectivity index (χ1v) is 11.6. The van der Waals surface area contributed by atoms with Crippen molar-refractivity contribution in [2.24, 2.45) is 5.92 Å². The van der Waals surface area contributed by atoms with Gasteiger partial charge in [0, 0.05) is 24.6 Å². The molecular weight excluding hydrogens is 467 g/mol. The Balaban J connectivity index is 0.00000324. The zero-order valence-corrected chi connectivity index (χ0v) is 20.4. The molecule has 0 radical (unpaired) electrons. The summed E-state index contributed by atoms with van der Waals surface area (Å²) in [4.78, 5) is 15.1. The molecular formula is C26H31ClF3NO3. The Bertz CT molecular complexity index is 1010. The van der Waals surface area contributed by atoms with Gasteiger partial charge in [0.25, 0.3) is 0 Å². The fraction of sp³-hybridized carbons (Fsp3) is 0.500.